The molecule has 0 aromatic heterocycles. The van der Waals surface area contributed by atoms with E-state index in [-0.39, 0.29) is 0 Å². The number of nitrogens with zero attached hydrogens (tertiary/aromatic N) is 1. The Morgan fingerprint density at radius 3 is 2.69 bits per heavy atom. The molecule has 4 nitrogen and oxygen atoms in total. The van der Waals surface area contributed by atoms with Gasteiger partial charge in [-0.15, -0.1) is 0 Å². The SMILES string of the molecule is NC(=O)N(C=O)c1cccc(Cl)c1. The van der Waals surface area contributed by atoms with Gasteiger partial charge in [-0.1, -0.05) is 17.7 Å². The van der Waals surface area contributed by atoms with Gasteiger partial charge in [0.2, 0.25) is 6.41 Å². The third kappa shape index (κ3) is 2.19. The average molecular weight is 199 g/mol. The highest BCUT2D eigenvalue weighted by Gasteiger charge is 2.10. The molecule has 0 spiro atoms. The smallest absolute Gasteiger partial charge is 0.325 e. The number of hydrogen-bond donors (Lipinski definition) is 1. The fourth-order valence-corrected chi connectivity index (χ4v) is 1.05. The predicted molar refractivity (Wildman–Crippen MR) is 49.6 cm³/mol. The Morgan fingerprint density at radius 1 is 1.54 bits per heavy atom. The van der Waals surface area contributed by atoms with Gasteiger partial charge in [0, 0.05) is 5.02 Å². The maximum absolute atomic E-state index is 10.7. The number of rotatable bonds is 2. The molecular formula is C8H7ClN2O2. The number of halogens is 1. The lowest BCUT2D eigenvalue weighted by Crippen LogP contribution is -2.34. The largest absolute Gasteiger partial charge is 0.351 e. The zero-order chi connectivity index (χ0) is 9.84. The van der Waals surface area contributed by atoms with Crippen molar-refractivity contribution in [3.05, 3.63) is 29.3 Å². The summed E-state index contributed by atoms with van der Waals surface area (Å²) in [6.45, 7) is 0. The van der Waals surface area contributed by atoms with Crippen LogP contribution in [0.1, 0.15) is 0 Å². The Bertz CT molecular complexity index is 341. The minimum atomic E-state index is -0.836. The van der Waals surface area contributed by atoms with Crippen molar-refractivity contribution in [1.82, 2.24) is 0 Å². The summed E-state index contributed by atoms with van der Waals surface area (Å²) < 4.78 is 0. The Kier molecular flexibility index (Phi) is 2.87. The zero-order valence-electron chi connectivity index (χ0n) is 6.61. The molecule has 0 bridgehead atoms. The van der Waals surface area contributed by atoms with Crippen LogP contribution in [0.15, 0.2) is 24.3 Å². The van der Waals surface area contributed by atoms with E-state index in [1.165, 1.54) is 6.07 Å². The van der Waals surface area contributed by atoms with E-state index in [0.29, 0.717) is 17.1 Å². The topological polar surface area (TPSA) is 63.4 Å². The van der Waals surface area contributed by atoms with Gasteiger partial charge in [-0.25, -0.2) is 9.69 Å². The van der Waals surface area contributed by atoms with Gasteiger partial charge in [-0.3, -0.25) is 4.79 Å². The van der Waals surface area contributed by atoms with Crippen LogP contribution in [0.4, 0.5) is 10.5 Å². The summed E-state index contributed by atoms with van der Waals surface area (Å²) in [7, 11) is 0. The highest BCUT2D eigenvalue weighted by Crippen LogP contribution is 2.17. The number of urea groups is 1. The number of carbonyl (C=O) groups excluding carboxylic acids is 2. The molecule has 2 N–H and O–H groups in total. The Labute approximate surface area is 79.9 Å². The second-order valence-electron chi connectivity index (χ2n) is 2.29. The third-order valence-corrected chi connectivity index (χ3v) is 1.66. The molecule has 1 aromatic rings. The Hall–Kier alpha value is -1.55. The van der Waals surface area contributed by atoms with Crippen LogP contribution in [-0.2, 0) is 4.79 Å². The second kappa shape index (κ2) is 3.91. The van der Waals surface area contributed by atoms with Crippen molar-refractivity contribution in [3.63, 3.8) is 0 Å². The molecule has 0 heterocycles. The van der Waals surface area contributed by atoms with Crippen molar-refractivity contribution >= 4 is 29.7 Å². The van der Waals surface area contributed by atoms with E-state index in [9.17, 15) is 9.59 Å². The Morgan fingerprint density at radius 2 is 2.23 bits per heavy atom. The van der Waals surface area contributed by atoms with E-state index in [1.807, 2.05) is 0 Å². The van der Waals surface area contributed by atoms with Gasteiger partial charge in [0.1, 0.15) is 0 Å². The minimum absolute atomic E-state index is 0.341. The molecule has 0 atom stereocenters. The first-order valence-electron chi connectivity index (χ1n) is 3.44. The molecular weight excluding hydrogens is 192 g/mol. The van der Waals surface area contributed by atoms with Crippen LogP contribution in [0, 0.1) is 0 Å². The zero-order valence-corrected chi connectivity index (χ0v) is 7.36. The van der Waals surface area contributed by atoms with Crippen LogP contribution in [0.2, 0.25) is 5.02 Å². The summed E-state index contributed by atoms with van der Waals surface area (Å²) in [5, 5.41) is 0.436. The number of primary amides is 1. The molecule has 0 saturated heterocycles. The number of hydrogen-bond acceptors (Lipinski definition) is 2. The fourth-order valence-electron chi connectivity index (χ4n) is 0.866. The van der Waals surface area contributed by atoms with Crippen molar-refractivity contribution in [3.8, 4) is 0 Å². The summed E-state index contributed by atoms with van der Waals surface area (Å²) in [5.41, 5.74) is 5.30. The van der Waals surface area contributed by atoms with Crippen LogP contribution in [-0.4, -0.2) is 12.4 Å². The number of benzene rings is 1. The Balaban J connectivity index is 3.04. The number of imide groups is 1. The highest BCUT2D eigenvalue weighted by molar-refractivity contribution is 6.31. The highest BCUT2D eigenvalue weighted by atomic mass is 35.5. The summed E-state index contributed by atoms with van der Waals surface area (Å²) in [4.78, 5) is 21.9. The van der Waals surface area contributed by atoms with Gasteiger partial charge >= 0.3 is 6.03 Å². The van der Waals surface area contributed by atoms with Gasteiger partial charge in [-0.05, 0) is 18.2 Å². The van der Waals surface area contributed by atoms with E-state index in [0.717, 1.165) is 4.90 Å². The molecule has 1 rings (SSSR count). The third-order valence-electron chi connectivity index (χ3n) is 1.43. The van der Waals surface area contributed by atoms with Crippen molar-refractivity contribution in [2.75, 3.05) is 4.90 Å². The normalized spacial score (nSPS) is 9.31. The van der Waals surface area contributed by atoms with E-state index in [1.54, 1.807) is 18.2 Å². The molecule has 0 saturated carbocycles. The summed E-state index contributed by atoms with van der Waals surface area (Å²) in [6.07, 6.45) is 0.341. The molecule has 0 unspecified atom stereocenters. The quantitative estimate of drug-likeness (QED) is 0.730. The lowest BCUT2D eigenvalue weighted by Gasteiger charge is -2.11. The molecule has 0 aliphatic rings. The molecule has 68 valence electrons. The second-order valence-corrected chi connectivity index (χ2v) is 2.73. The number of carbonyl (C=O) groups is 2. The van der Waals surface area contributed by atoms with Crippen LogP contribution in [0.5, 0.6) is 0 Å². The molecule has 5 heteroatoms. The molecule has 13 heavy (non-hydrogen) atoms. The predicted octanol–water partition coefficient (Wildman–Crippen LogP) is 1.38. The van der Waals surface area contributed by atoms with Crippen LogP contribution in [0.25, 0.3) is 0 Å². The van der Waals surface area contributed by atoms with Crippen LogP contribution >= 0.6 is 11.6 Å². The molecule has 3 amide bonds. The van der Waals surface area contributed by atoms with E-state index >= 15 is 0 Å². The first-order chi connectivity index (χ1) is 6.15. The van der Waals surface area contributed by atoms with Gasteiger partial charge in [0.05, 0.1) is 5.69 Å². The van der Waals surface area contributed by atoms with Gasteiger partial charge in [0.15, 0.2) is 0 Å². The summed E-state index contributed by atoms with van der Waals surface area (Å²) >= 11 is 5.66. The summed E-state index contributed by atoms with van der Waals surface area (Å²) in [6, 6.07) is 5.45. The monoisotopic (exact) mass is 198 g/mol. The van der Waals surface area contributed by atoms with Crippen LogP contribution < -0.4 is 10.6 Å². The number of anilines is 1. The fraction of sp³-hybridized carbons (Fsp3) is 0. The van der Waals surface area contributed by atoms with Crippen molar-refractivity contribution < 1.29 is 9.59 Å². The van der Waals surface area contributed by atoms with E-state index < -0.39 is 6.03 Å². The standard InChI is InChI=1S/C8H7ClN2O2/c9-6-2-1-3-7(4-6)11(5-12)8(10)13/h1-5H,(H2,10,13). The lowest BCUT2D eigenvalue weighted by molar-refractivity contribution is -0.106. The first kappa shape index (κ1) is 9.54. The molecule has 0 radical (unpaired) electrons. The maximum atomic E-state index is 10.7. The molecule has 0 aliphatic heterocycles. The van der Waals surface area contributed by atoms with Gasteiger partial charge in [0.25, 0.3) is 0 Å². The molecule has 0 aliphatic carbocycles. The van der Waals surface area contributed by atoms with Crippen molar-refractivity contribution in [2.24, 2.45) is 5.73 Å². The number of nitrogens with two attached hydrogens (primary N) is 1. The molecule has 0 fully saturated rings. The van der Waals surface area contributed by atoms with E-state index in [4.69, 9.17) is 17.3 Å². The number of amides is 3. The molecule has 1 aromatic carbocycles. The minimum Gasteiger partial charge on any atom is -0.351 e. The average Bonchev–Trinajstić information content (AvgIpc) is 2.04. The first-order valence-corrected chi connectivity index (χ1v) is 3.82. The van der Waals surface area contributed by atoms with Gasteiger partial charge in [-0.2, -0.15) is 0 Å². The maximum Gasteiger partial charge on any atom is 0.325 e. The van der Waals surface area contributed by atoms with Gasteiger partial charge < -0.3 is 5.73 Å². The van der Waals surface area contributed by atoms with Crippen molar-refractivity contribution in [2.45, 2.75) is 0 Å². The van der Waals surface area contributed by atoms with E-state index in [2.05, 4.69) is 0 Å². The van der Waals surface area contributed by atoms with Crippen molar-refractivity contribution in [1.29, 1.82) is 0 Å². The van der Waals surface area contributed by atoms with Crippen LogP contribution in [0.3, 0.4) is 0 Å². The summed E-state index contributed by atoms with van der Waals surface area (Å²) in [5.74, 6) is 0. The lowest BCUT2D eigenvalue weighted by atomic mass is 10.3.